The first-order valence-electron chi connectivity index (χ1n) is 6.65. The molecule has 2 aromatic rings. The van der Waals surface area contributed by atoms with E-state index in [-0.39, 0.29) is 12.5 Å². The maximum atomic E-state index is 12.7. The van der Waals surface area contributed by atoms with Crippen LogP contribution in [0.2, 0.25) is 9.36 Å². The minimum absolute atomic E-state index is 0.204. The molecule has 0 radical (unpaired) electrons. The van der Waals surface area contributed by atoms with Crippen molar-refractivity contribution < 1.29 is 4.79 Å². The molecule has 23 heavy (non-hydrogen) atoms. The molecule has 0 saturated carbocycles. The van der Waals surface area contributed by atoms with Crippen LogP contribution < -0.4 is 4.90 Å². The van der Waals surface area contributed by atoms with Crippen LogP contribution in [0.4, 0.5) is 5.69 Å². The number of halogens is 2. The van der Waals surface area contributed by atoms with Crippen molar-refractivity contribution in [2.24, 2.45) is 0 Å². The summed E-state index contributed by atoms with van der Waals surface area (Å²) in [6.07, 6.45) is 1.62. The average Bonchev–Trinajstić information content (AvgIpc) is 2.90. The van der Waals surface area contributed by atoms with E-state index in [0.29, 0.717) is 25.7 Å². The molecule has 0 fully saturated rings. The van der Waals surface area contributed by atoms with Crippen LogP contribution in [-0.2, 0) is 0 Å². The fourth-order valence-corrected chi connectivity index (χ4v) is 3.74. The molecule has 0 aliphatic carbocycles. The molecule has 0 N–H and O–H groups in total. The van der Waals surface area contributed by atoms with Gasteiger partial charge in [0.05, 0.1) is 10.7 Å². The molecule has 0 aliphatic heterocycles. The third kappa shape index (κ3) is 3.93. The number of amides is 1. The van der Waals surface area contributed by atoms with Gasteiger partial charge in [0, 0.05) is 24.5 Å². The summed E-state index contributed by atoms with van der Waals surface area (Å²) in [5, 5.41) is 2.53. The Labute approximate surface area is 154 Å². The van der Waals surface area contributed by atoms with Crippen LogP contribution in [0.5, 0.6) is 0 Å². The number of hydrogen-bond donors (Lipinski definition) is 0. The minimum atomic E-state index is -0.204. The summed E-state index contributed by atoms with van der Waals surface area (Å²) in [4.78, 5) is 15.8. The van der Waals surface area contributed by atoms with Crippen molar-refractivity contribution in [3.8, 4) is 0 Å². The Bertz CT molecular complexity index is 711. The van der Waals surface area contributed by atoms with Gasteiger partial charge in [-0.15, -0.1) is 17.9 Å². The Kier molecular flexibility index (Phi) is 6.18. The van der Waals surface area contributed by atoms with Crippen molar-refractivity contribution in [3.63, 3.8) is 0 Å². The molecule has 0 spiro atoms. The molecule has 1 heterocycles. The number of benzene rings is 1. The standard InChI is InChI=1S/C16H14Cl2N2OS2/c1-3-9-20(15(21)11-7-5-4-6-8-11)16(22)19(2)13-12(17)10-23-14(13)18/h3-8,10H,1,9H2,2H3. The van der Waals surface area contributed by atoms with Crippen molar-refractivity contribution in [1.82, 2.24) is 4.90 Å². The third-order valence-electron chi connectivity index (χ3n) is 3.11. The van der Waals surface area contributed by atoms with Gasteiger partial charge in [-0.3, -0.25) is 9.69 Å². The summed E-state index contributed by atoms with van der Waals surface area (Å²) in [7, 11) is 1.73. The van der Waals surface area contributed by atoms with Crippen LogP contribution in [0.1, 0.15) is 10.4 Å². The number of anilines is 1. The summed E-state index contributed by atoms with van der Waals surface area (Å²) in [5.41, 5.74) is 1.14. The van der Waals surface area contributed by atoms with Gasteiger partial charge < -0.3 is 4.90 Å². The van der Waals surface area contributed by atoms with Crippen LogP contribution >= 0.6 is 46.8 Å². The van der Waals surface area contributed by atoms with E-state index in [1.54, 1.807) is 47.7 Å². The first-order chi connectivity index (χ1) is 11.0. The van der Waals surface area contributed by atoms with Gasteiger partial charge in [0.1, 0.15) is 4.34 Å². The second-order valence-electron chi connectivity index (χ2n) is 4.62. The molecule has 7 heteroatoms. The van der Waals surface area contributed by atoms with E-state index in [4.69, 9.17) is 35.4 Å². The molecule has 0 aliphatic rings. The molecule has 1 aromatic heterocycles. The smallest absolute Gasteiger partial charge is 0.260 e. The predicted octanol–water partition coefficient (Wildman–Crippen LogP) is 5.10. The molecule has 0 atom stereocenters. The molecule has 0 unspecified atom stereocenters. The lowest BCUT2D eigenvalue weighted by Gasteiger charge is -2.29. The highest BCUT2D eigenvalue weighted by Gasteiger charge is 2.25. The maximum Gasteiger partial charge on any atom is 0.260 e. The van der Waals surface area contributed by atoms with Crippen LogP contribution in [-0.4, -0.2) is 29.5 Å². The van der Waals surface area contributed by atoms with Gasteiger partial charge in [-0.05, 0) is 24.4 Å². The predicted molar refractivity (Wildman–Crippen MR) is 103 cm³/mol. The first kappa shape index (κ1) is 17.9. The molecule has 1 aromatic carbocycles. The van der Waals surface area contributed by atoms with E-state index in [1.807, 2.05) is 6.07 Å². The van der Waals surface area contributed by atoms with Gasteiger partial charge in [0.15, 0.2) is 5.11 Å². The lowest BCUT2D eigenvalue weighted by atomic mass is 10.2. The zero-order valence-corrected chi connectivity index (χ0v) is 15.5. The van der Waals surface area contributed by atoms with E-state index in [2.05, 4.69) is 6.58 Å². The molecular formula is C16H14Cl2N2OS2. The van der Waals surface area contributed by atoms with E-state index in [9.17, 15) is 4.79 Å². The Morgan fingerprint density at radius 2 is 2.00 bits per heavy atom. The van der Waals surface area contributed by atoms with Crippen molar-refractivity contribution >= 4 is 63.5 Å². The molecular weight excluding hydrogens is 371 g/mol. The molecule has 0 saturated heterocycles. The van der Waals surface area contributed by atoms with E-state index < -0.39 is 0 Å². The number of rotatable bonds is 4. The van der Waals surface area contributed by atoms with Crippen molar-refractivity contribution in [1.29, 1.82) is 0 Å². The second kappa shape index (κ2) is 7.93. The molecule has 3 nitrogen and oxygen atoms in total. The number of nitrogens with zero attached hydrogens (tertiary/aromatic N) is 2. The molecule has 2 rings (SSSR count). The SMILES string of the molecule is C=CCN(C(=O)c1ccccc1)C(=S)N(C)c1c(Cl)csc1Cl. The topological polar surface area (TPSA) is 23.6 Å². The highest BCUT2D eigenvalue weighted by Crippen LogP contribution is 2.39. The van der Waals surface area contributed by atoms with Crippen molar-refractivity contribution in [2.45, 2.75) is 0 Å². The number of hydrogen-bond acceptors (Lipinski definition) is 3. The number of carbonyl (C=O) groups excluding carboxylic acids is 1. The zero-order valence-electron chi connectivity index (χ0n) is 12.3. The van der Waals surface area contributed by atoms with E-state index in [1.165, 1.54) is 16.2 Å². The van der Waals surface area contributed by atoms with E-state index in [0.717, 1.165) is 0 Å². The van der Waals surface area contributed by atoms with Gasteiger partial charge in [-0.2, -0.15) is 0 Å². The molecule has 1 amide bonds. The minimum Gasteiger partial charge on any atom is -0.318 e. The Balaban J connectivity index is 2.32. The summed E-state index contributed by atoms with van der Waals surface area (Å²) in [6, 6.07) is 8.94. The highest BCUT2D eigenvalue weighted by molar-refractivity contribution is 7.80. The summed E-state index contributed by atoms with van der Waals surface area (Å²) < 4.78 is 0.519. The Hall–Kier alpha value is -1.40. The van der Waals surface area contributed by atoms with Gasteiger partial charge >= 0.3 is 0 Å². The van der Waals surface area contributed by atoms with Gasteiger partial charge in [-0.1, -0.05) is 47.5 Å². The second-order valence-corrected chi connectivity index (χ2v) is 6.87. The number of thiophene rings is 1. The van der Waals surface area contributed by atoms with Gasteiger partial charge in [-0.25, -0.2) is 0 Å². The molecule has 120 valence electrons. The first-order valence-corrected chi connectivity index (χ1v) is 8.69. The third-order valence-corrected chi connectivity index (χ3v) is 5.22. The van der Waals surface area contributed by atoms with Crippen molar-refractivity contribution in [3.05, 3.63) is 63.3 Å². The van der Waals surface area contributed by atoms with Crippen LogP contribution in [0.25, 0.3) is 0 Å². The summed E-state index contributed by atoms with van der Waals surface area (Å²) >= 11 is 19.1. The number of thiocarbonyl (C=S) groups is 1. The summed E-state index contributed by atoms with van der Waals surface area (Å²) in [6.45, 7) is 3.98. The Morgan fingerprint density at radius 3 is 2.52 bits per heavy atom. The monoisotopic (exact) mass is 384 g/mol. The van der Waals surface area contributed by atoms with Crippen LogP contribution in [0.15, 0.2) is 48.4 Å². The lowest BCUT2D eigenvalue weighted by molar-refractivity contribution is 0.0859. The van der Waals surface area contributed by atoms with Gasteiger partial charge in [0.2, 0.25) is 0 Å². The van der Waals surface area contributed by atoms with E-state index >= 15 is 0 Å². The van der Waals surface area contributed by atoms with Crippen molar-refractivity contribution in [2.75, 3.05) is 18.5 Å². The lowest BCUT2D eigenvalue weighted by Crippen LogP contribution is -2.44. The average molecular weight is 385 g/mol. The largest absolute Gasteiger partial charge is 0.318 e. The van der Waals surface area contributed by atoms with Crippen LogP contribution in [0, 0.1) is 0 Å². The highest BCUT2D eigenvalue weighted by atomic mass is 35.5. The summed E-state index contributed by atoms with van der Waals surface area (Å²) in [5.74, 6) is -0.204. The quantitative estimate of drug-likeness (QED) is 0.540. The number of carbonyl (C=O) groups is 1. The van der Waals surface area contributed by atoms with Crippen LogP contribution in [0.3, 0.4) is 0 Å². The molecule has 0 bridgehead atoms. The zero-order chi connectivity index (χ0) is 17.0. The maximum absolute atomic E-state index is 12.7. The normalized spacial score (nSPS) is 10.2. The fraction of sp³-hybridized carbons (Fsp3) is 0.125. The van der Waals surface area contributed by atoms with Gasteiger partial charge in [0.25, 0.3) is 5.91 Å². The Morgan fingerprint density at radius 1 is 1.35 bits per heavy atom. The fourth-order valence-electron chi connectivity index (χ4n) is 1.99.